The summed E-state index contributed by atoms with van der Waals surface area (Å²) in [5, 5.41) is 12.5. The number of nitrogens with one attached hydrogen (secondary N) is 1. The number of anilines is 1. The van der Waals surface area contributed by atoms with Crippen LogP contribution in [0.2, 0.25) is 0 Å². The highest BCUT2D eigenvalue weighted by Gasteiger charge is 2.18. The number of aryl methyl sites for hydroxylation is 3. The van der Waals surface area contributed by atoms with Gasteiger partial charge in [0.25, 0.3) is 0 Å². The molecule has 6 nitrogen and oxygen atoms in total. The fourth-order valence-electron chi connectivity index (χ4n) is 4.03. The summed E-state index contributed by atoms with van der Waals surface area (Å²) in [5.41, 5.74) is 6.20. The summed E-state index contributed by atoms with van der Waals surface area (Å²) in [6.45, 7) is 10.6. The van der Waals surface area contributed by atoms with Crippen molar-refractivity contribution in [1.82, 2.24) is 14.8 Å². The first-order chi connectivity index (χ1) is 17.3. The smallest absolute Gasteiger partial charge is 0.234 e. The fourth-order valence-corrected chi connectivity index (χ4v) is 4.81. The monoisotopic (exact) mass is 500 g/mol. The molecule has 1 amide bonds. The van der Waals surface area contributed by atoms with Gasteiger partial charge in [0, 0.05) is 11.4 Å². The van der Waals surface area contributed by atoms with E-state index < -0.39 is 0 Å². The zero-order valence-electron chi connectivity index (χ0n) is 21.4. The van der Waals surface area contributed by atoms with E-state index in [1.165, 1.54) is 11.8 Å². The van der Waals surface area contributed by atoms with Crippen LogP contribution in [0.25, 0.3) is 5.69 Å². The Balaban J connectivity index is 1.54. The Hall–Kier alpha value is -3.58. The standard InChI is InChI=1S/C29H32N4O2S/c1-19(2)24-11-6-7-12-25(24)30-27(34)18-36-29-32-31-26(33(29)23-15-13-20(3)14-16-23)17-35-28-21(4)9-8-10-22(28)5/h6-16,19H,17-18H2,1-5H3,(H,30,34). The lowest BCUT2D eigenvalue weighted by Gasteiger charge is -2.14. The third-order valence-electron chi connectivity index (χ3n) is 5.94. The van der Waals surface area contributed by atoms with Crippen LogP contribution in [0.5, 0.6) is 5.75 Å². The number of ether oxygens (including phenoxy) is 1. The summed E-state index contributed by atoms with van der Waals surface area (Å²) in [4.78, 5) is 12.8. The van der Waals surface area contributed by atoms with Crippen molar-refractivity contribution < 1.29 is 9.53 Å². The molecule has 0 unspecified atom stereocenters. The van der Waals surface area contributed by atoms with E-state index in [1.54, 1.807) is 0 Å². The predicted octanol–water partition coefficient (Wildman–Crippen LogP) is 6.63. The van der Waals surface area contributed by atoms with Crippen molar-refractivity contribution in [2.24, 2.45) is 0 Å². The molecule has 0 spiro atoms. The number of carbonyl (C=O) groups is 1. The van der Waals surface area contributed by atoms with Gasteiger partial charge in [0.05, 0.1) is 5.75 Å². The fraction of sp³-hybridized carbons (Fsp3) is 0.276. The Morgan fingerprint density at radius 1 is 0.944 bits per heavy atom. The Kier molecular flexibility index (Phi) is 8.10. The second-order valence-corrected chi connectivity index (χ2v) is 10.1. The maximum absolute atomic E-state index is 12.8. The molecule has 0 fully saturated rings. The van der Waals surface area contributed by atoms with E-state index in [4.69, 9.17) is 4.74 Å². The van der Waals surface area contributed by atoms with Crippen LogP contribution in [0.3, 0.4) is 0 Å². The van der Waals surface area contributed by atoms with Crippen LogP contribution in [0, 0.1) is 20.8 Å². The van der Waals surface area contributed by atoms with E-state index in [1.807, 2.05) is 73.0 Å². The van der Waals surface area contributed by atoms with Gasteiger partial charge in [-0.1, -0.05) is 79.7 Å². The largest absolute Gasteiger partial charge is 0.485 e. The summed E-state index contributed by atoms with van der Waals surface area (Å²) in [5.74, 6) is 1.98. The molecule has 0 aliphatic heterocycles. The van der Waals surface area contributed by atoms with Crippen LogP contribution in [0.4, 0.5) is 5.69 Å². The third-order valence-corrected chi connectivity index (χ3v) is 6.87. The van der Waals surface area contributed by atoms with Gasteiger partial charge in [0.2, 0.25) is 5.91 Å². The van der Waals surface area contributed by atoms with Gasteiger partial charge in [-0.05, 0) is 61.6 Å². The van der Waals surface area contributed by atoms with E-state index >= 15 is 0 Å². The molecule has 0 saturated heterocycles. The first-order valence-electron chi connectivity index (χ1n) is 12.1. The number of amides is 1. The van der Waals surface area contributed by atoms with Gasteiger partial charge in [-0.15, -0.1) is 10.2 Å². The maximum Gasteiger partial charge on any atom is 0.234 e. The highest BCUT2D eigenvalue weighted by Crippen LogP contribution is 2.27. The van der Waals surface area contributed by atoms with Crippen LogP contribution in [0.15, 0.2) is 71.9 Å². The molecule has 0 aliphatic rings. The molecule has 4 rings (SSSR count). The molecule has 0 radical (unpaired) electrons. The minimum Gasteiger partial charge on any atom is -0.485 e. The Labute approximate surface area is 217 Å². The van der Waals surface area contributed by atoms with Gasteiger partial charge in [-0.2, -0.15) is 0 Å². The van der Waals surface area contributed by atoms with Gasteiger partial charge in [-0.25, -0.2) is 0 Å². The Morgan fingerprint density at radius 2 is 1.64 bits per heavy atom. The molecule has 4 aromatic rings. The van der Waals surface area contributed by atoms with Crippen molar-refractivity contribution in [3.63, 3.8) is 0 Å². The van der Waals surface area contributed by atoms with Crippen molar-refractivity contribution >= 4 is 23.4 Å². The molecule has 1 N–H and O–H groups in total. The molecule has 0 saturated carbocycles. The summed E-state index contributed by atoms with van der Waals surface area (Å²) in [7, 11) is 0. The number of rotatable bonds is 9. The van der Waals surface area contributed by atoms with Crippen LogP contribution < -0.4 is 10.1 Å². The number of hydrogen-bond donors (Lipinski definition) is 1. The van der Waals surface area contributed by atoms with Crippen molar-refractivity contribution in [1.29, 1.82) is 0 Å². The van der Waals surface area contributed by atoms with Gasteiger partial charge in [0.1, 0.15) is 12.4 Å². The minimum atomic E-state index is -0.0834. The van der Waals surface area contributed by atoms with Crippen molar-refractivity contribution in [2.75, 3.05) is 11.1 Å². The van der Waals surface area contributed by atoms with Crippen LogP contribution in [0.1, 0.15) is 47.8 Å². The number of aromatic nitrogens is 3. The van der Waals surface area contributed by atoms with E-state index in [9.17, 15) is 4.79 Å². The van der Waals surface area contributed by atoms with Crippen LogP contribution in [-0.4, -0.2) is 26.4 Å². The van der Waals surface area contributed by atoms with E-state index in [-0.39, 0.29) is 18.3 Å². The minimum absolute atomic E-state index is 0.0834. The number of carbonyl (C=O) groups excluding carboxylic acids is 1. The molecular weight excluding hydrogens is 468 g/mol. The highest BCUT2D eigenvalue weighted by molar-refractivity contribution is 7.99. The van der Waals surface area contributed by atoms with Gasteiger partial charge >= 0.3 is 0 Å². The average Bonchev–Trinajstić information content (AvgIpc) is 3.26. The van der Waals surface area contributed by atoms with E-state index in [2.05, 4.69) is 48.4 Å². The maximum atomic E-state index is 12.8. The number of hydrogen-bond acceptors (Lipinski definition) is 5. The number of thioether (sulfide) groups is 1. The highest BCUT2D eigenvalue weighted by atomic mass is 32.2. The van der Waals surface area contributed by atoms with E-state index in [0.717, 1.165) is 39.4 Å². The van der Waals surface area contributed by atoms with Crippen LogP contribution >= 0.6 is 11.8 Å². The van der Waals surface area contributed by atoms with Gasteiger partial charge in [-0.3, -0.25) is 9.36 Å². The summed E-state index contributed by atoms with van der Waals surface area (Å²) in [6, 6.07) is 22.2. The lowest BCUT2D eigenvalue weighted by molar-refractivity contribution is -0.113. The molecule has 1 heterocycles. The summed E-state index contributed by atoms with van der Waals surface area (Å²) in [6.07, 6.45) is 0. The lowest BCUT2D eigenvalue weighted by Crippen LogP contribution is -2.16. The zero-order valence-corrected chi connectivity index (χ0v) is 22.2. The SMILES string of the molecule is Cc1ccc(-n2c(COc3c(C)cccc3C)nnc2SCC(=O)Nc2ccccc2C(C)C)cc1. The number of nitrogens with zero attached hydrogens (tertiary/aromatic N) is 3. The molecule has 0 atom stereocenters. The normalized spacial score (nSPS) is 11.1. The summed E-state index contributed by atoms with van der Waals surface area (Å²) >= 11 is 1.36. The number of benzene rings is 3. The Bertz CT molecular complexity index is 1330. The van der Waals surface area contributed by atoms with Crippen molar-refractivity contribution in [2.45, 2.75) is 52.3 Å². The second-order valence-electron chi connectivity index (χ2n) is 9.16. The summed E-state index contributed by atoms with van der Waals surface area (Å²) < 4.78 is 8.15. The molecule has 1 aromatic heterocycles. The number of para-hydroxylation sites is 2. The quantitative estimate of drug-likeness (QED) is 0.261. The molecule has 186 valence electrons. The van der Waals surface area contributed by atoms with Gasteiger partial charge < -0.3 is 10.1 Å². The third kappa shape index (κ3) is 5.97. The van der Waals surface area contributed by atoms with Crippen molar-refractivity contribution in [3.8, 4) is 11.4 Å². The van der Waals surface area contributed by atoms with Crippen LogP contribution in [-0.2, 0) is 11.4 Å². The lowest BCUT2D eigenvalue weighted by atomic mass is 10.0. The van der Waals surface area contributed by atoms with Crippen molar-refractivity contribution in [3.05, 3.63) is 94.8 Å². The van der Waals surface area contributed by atoms with Gasteiger partial charge in [0.15, 0.2) is 11.0 Å². The first-order valence-corrected chi connectivity index (χ1v) is 13.0. The topological polar surface area (TPSA) is 69.0 Å². The molecule has 0 aliphatic carbocycles. The first kappa shape index (κ1) is 25.5. The molecule has 36 heavy (non-hydrogen) atoms. The molecular formula is C29H32N4O2S. The molecule has 0 bridgehead atoms. The average molecular weight is 501 g/mol. The predicted molar refractivity (Wildman–Crippen MR) is 146 cm³/mol. The van der Waals surface area contributed by atoms with E-state index in [0.29, 0.717) is 16.9 Å². The second kappa shape index (κ2) is 11.4. The zero-order chi connectivity index (χ0) is 25.7. The Morgan fingerprint density at radius 3 is 2.33 bits per heavy atom. The molecule has 7 heteroatoms. The molecule has 3 aromatic carbocycles.